The molecule has 0 aromatic carbocycles. The standard InChI is InChI=1S/C21H34O7S/c1-4-12-16(22)9-15-11-5-6-14-18(23)19(24)17(28-29(25,26)27)10-21(14,3)13(11)7-8-20(12,15)2/h4,11-19,22-24H,1,5-10H2,2-3H3,(H,25,26,27)/t11-,12+,13+,14+,15+,16+,17+,18-,19+,20+,21-/m1/s1. The summed E-state index contributed by atoms with van der Waals surface area (Å²) in [5, 5.41) is 31.9. The van der Waals surface area contributed by atoms with Crippen molar-refractivity contribution in [3.63, 3.8) is 0 Å². The van der Waals surface area contributed by atoms with Crippen LogP contribution in [0.3, 0.4) is 0 Å². The van der Waals surface area contributed by atoms with Crippen molar-refractivity contribution in [2.24, 2.45) is 40.4 Å². The fraction of sp³-hybridized carbons (Fsp3) is 0.905. The molecule has 7 nitrogen and oxygen atoms in total. The van der Waals surface area contributed by atoms with Gasteiger partial charge in [-0.1, -0.05) is 19.9 Å². The van der Waals surface area contributed by atoms with Crippen LogP contribution in [0.4, 0.5) is 0 Å². The van der Waals surface area contributed by atoms with E-state index in [1.165, 1.54) is 0 Å². The van der Waals surface area contributed by atoms with Gasteiger partial charge in [-0.2, -0.15) is 8.42 Å². The number of aliphatic hydroxyl groups is 3. The maximum absolute atomic E-state index is 11.3. The lowest BCUT2D eigenvalue weighted by atomic mass is 9.44. The molecular formula is C21H34O7S. The van der Waals surface area contributed by atoms with E-state index in [4.69, 9.17) is 8.74 Å². The SMILES string of the molecule is C=C[C@H]1[C@@H](O)C[C@H]2[C@@H]3CC[C@H]4[C@@H](O)[C@@H](O)[C@@H](OS(=O)(=O)O)C[C@]4(C)[C@H]3CC[C@@]12C. The van der Waals surface area contributed by atoms with Crippen LogP contribution in [0.2, 0.25) is 0 Å². The first kappa shape index (κ1) is 21.7. The van der Waals surface area contributed by atoms with Crippen LogP contribution in [0.15, 0.2) is 12.7 Å². The summed E-state index contributed by atoms with van der Waals surface area (Å²) in [5.41, 5.74) is -0.405. The zero-order valence-corrected chi connectivity index (χ0v) is 18.0. The summed E-state index contributed by atoms with van der Waals surface area (Å²) in [4.78, 5) is 0. The molecule has 0 heterocycles. The predicted molar refractivity (Wildman–Crippen MR) is 106 cm³/mol. The second-order valence-corrected chi connectivity index (χ2v) is 11.5. The molecule has 166 valence electrons. The Bertz CT molecular complexity index is 769. The van der Waals surface area contributed by atoms with Gasteiger partial charge in [-0.15, -0.1) is 6.58 Å². The molecule has 8 heteroatoms. The molecule has 4 aliphatic carbocycles. The molecule has 4 fully saturated rings. The van der Waals surface area contributed by atoms with Crippen LogP contribution < -0.4 is 0 Å². The van der Waals surface area contributed by atoms with Gasteiger partial charge in [0.25, 0.3) is 0 Å². The lowest BCUT2D eigenvalue weighted by Crippen LogP contribution is -2.62. The second-order valence-electron chi connectivity index (χ2n) is 10.4. The van der Waals surface area contributed by atoms with Gasteiger partial charge >= 0.3 is 10.4 Å². The van der Waals surface area contributed by atoms with E-state index in [0.717, 1.165) is 32.1 Å². The monoisotopic (exact) mass is 430 g/mol. The Balaban J connectivity index is 1.65. The molecule has 0 aliphatic heterocycles. The molecule has 4 saturated carbocycles. The molecule has 29 heavy (non-hydrogen) atoms. The van der Waals surface area contributed by atoms with Crippen LogP contribution in [-0.4, -0.2) is 52.7 Å². The van der Waals surface area contributed by atoms with Crippen molar-refractivity contribution in [2.75, 3.05) is 0 Å². The number of aliphatic hydroxyl groups excluding tert-OH is 3. The second kappa shape index (κ2) is 7.00. The van der Waals surface area contributed by atoms with Gasteiger partial charge < -0.3 is 15.3 Å². The van der Waals surface area contributed by atoms with Gasteiger partial charge in [0.15, 0.2) is 0 Å². The van der Waals surface area contributed by atoms with Crippen LogP contribution in [0, 0.1) is 40.4 Å². The van der Waals surface area contributed by atoms with Crippen molar-refractivity contribution in [1.29, 1.82) is 0 Å². The summed E-state index contributed by atoms with van der Waals surface area (Å²) in [6, 6.07) is 0. The van der Waals surface area contributed by atoms with Gasteiger partial charge in [-0.25, -0.2) is 4.18 Å². The van der Waals surface area contributed by atoms with E-state index in [2.05, 4.69) is 20.4 Å². The third-order valence-corrected chi connectivity index (χ3v) is 9.82. The van der Waals surface area contributed by atoms with Gasteiger partial charge in [0.2, 0.25) is 0 Å². The van der Waals surface area contributed by atoms with Crippen LogP contribution in [0.25, 0.3) is 0 Å². The van der Waals surface area contributed by atoms with Crippen LogP contribution in [0.1, 0.15) is 52.4 Å². The van der Waals surface area contributed by atoms with E-state index in [1.807, 2.05) is 6.08 Å². The molecule has 0 amide bonds. The van der Waals surface area contributed by atoms with Crippen LogP contribution in [-0.2, 0) is 14.6 Å². The lowest BCUT2D eigenvalue weighted by molar-refractivity contribution is -0.202. The van der Waals surface area contributed by atoms with Crippen LogP contribution in [0.5, 0.6) is 0 Å². The Kier molecular flexibility index (Phi) is 5.24. The van der Waals surface area contributed by atoms with Crippen molar-refractivity contribution in [2.45, 2.75) is 76.8 Å². The molecule has 11 atom stereocenters. The van der Waals surface area contributed by atoms with Crippen molar-refractivity contribution < 1.29 is 32.5 Å². The molecule has 0 aromatic rings. The quantitative estimate of drug-likeness (QED) is 0.398. The van der Waals surface area contributed by atoms with Crippen molar-refractivity contribution >= 4 is 10.4 Å². The minimum atomic E-state index is -4.73. The molecule has 4 aliphatic rings. The van der Waals surface area contributed by atoms with Crippen molar-refractivity contribution in [3.8, 4) is 0 Å². The molecular weight excluding hydrogens is 396 g/mol. The average molecular weight is 431 g/mol. The molecule has 4 N–H and O–H groups in total. The maximum Gasteiger partial charge on any atom is 0.397 e. The fourth-order valence-electron chi connectivity index (χ4n) is 8.09. The molecule has 0 aromatic heterocycles. The minimum absolute atomic E-state index is 0.00264. The van der Waals surface area contributed by atoms with E-state index in [9.17, 15) is 23.7 Å². The summed E-state index contributed by atoms with van der Waals surface area (Å²) in [6.45, 7) is 8.29. The molecule has 0 spiro atoms. The van der Waals surface area contributed by atoms with Gasteiger partial charge in [0.1, 0.15) is 12.2 Å². The lowest BCUT2D eigenvalue weighted by Gasteiger charge is -2.62. The Morgan fingerprint density at radius 1 is 1.00 bits per heavy atom. The maximum atomic E-state index is 11.3. The third kappa shape index (κ3) is 3.22. The Morgan fingerprint density at radius 3 is 2.31 bits per heavy atom. The summed E-state index contributed by atoms with van der Waals surface area (Å²) < 4.78 is 36.5. The highest BCUT2D eigenvalue weighted by Crippen LogP contribution is 2.67. The highest BCUT2D eigenvalue weighted by atomic mass is 32.3. The van der Waals surface area contributed by atoms with E-state index >= 15 is 0 Å². The molecule has 4 rings (SSSR count). The Morgan fingerprint density at radius 2 is 1.69 bits per heavy atom. The van der Waals surface area contributed by atoms with E-state index < -0.39 is 34.1 Å². The van der Waals surface area contributed by atoms with E-state index in [1.54, 1.807) is 0 Å². The van der Waals surface area contributed by atoms with Gasteiger partial charge in [-0.05, 0) is 73.0 Å². The first-order valence-corrected chi connectivity index (χ1v) is 12.1. The number of hydrogen-bond acceptors (Lipinski definition) is 6. The Labute approximate surface area is 173 Å². The highest BCUT2D eigenvalue weighted by molar-refractivity contribution is 7.80. The third-order valence-electron chi connectivity index (χ3n) is 9.33. The van der Waals surface area contributed by atoms with Crippen LogP contribution >= 0.6 is 0 Å². The summed E-state index contributed by atoms with van der Waals surface area (Å²) >= 11 is 0. The van der Waals surface area contributed by atoms with E-state index in [-0.39, 0.29) is 35.7 Å². The summed E-state index contributed by atoms with van der Waals surface area (Å²) in [7, 11) is -4.73. The largest absolute Gasteiger partial charge is 0.397 e. The molecule has 0 radical (unpaired) electrons. The van der Waals surface area contributed by atoms with Gasteiger partial charge in [0.05, 0.1) is 12.2 Å². The number of fused-ring (bicyclic) bond motifs is 5. The van der Waals surface area contributed by atoms with Gasteiger partial charge in [0, 0.05) is 5.92 Å². The zero-order valence-electron chi connectivity index (χ0n) is 17.1. The minimum Gasteiger partial charge on any atom is -0.392 e. The van der Waals surface area contributed by atoms with E-state index in [0.29, 0.717) is 11.8 Å². The fourth-order valence-corrected chi connectivity index (χ4v) is 8.58. The summed E-state index contributed by atoms with van der Waals surface area (Å²) in [6.07, 6.45) is 2.45. The molecule has 0 bridgehead atoms. The first-order chi connectivity index (χ1) is 13.4. The molecule has 0 saturated heterocycles. The van der Waals surface area contributed by atoms with Crippen molar-refractivity contribution in [3.05, 3.63) is 12.7 Å². The molecule has 0 unspecified atom stereocenters. The number of hydrogen-bond donors (Lipinski definition) is 4. The average Bonchev–Trinajstić information content (AvgIpc) is 2.87. The topological polar surface area (TPSA) is 124 Å². The summed E-state index contributed by atoms with van der Waals surface area (Å²) in [5.74, 6) is 0.884. The predicted octanol–water partition coefficient (Wildman–Crippen LogP) is 1.93. The highest BCUT2D eigenvalue weighted by Gasteiger charge is 2.64. The smallest absolute Gasteiger partial charge is 0.392 e. The Hall–Kier alpha value is -0.510. The normalized spacial score (nSPS) is 54.9. The van der Waals surface area contributed by atoms with Crippen molar-refractivity contribution in [1.82, 2.24) is 0 Å². The number of rotatable bonds is 3. The zero-order chi connectivity index (χ0) is 21.4. The van der Waals surface area contributed by atoms with Gasteiger partial charge in [-0.3, -0.25) is 4.55 Å². The first-order valence-electron chi connectivity index (χ1n) is 10.7.